The fourth-order valence-electron chi connectivity index (χ4n) is 1.95. The Hall–Kier alpha value is -3.09. The van der Waals surface area contributed by atoms with Crippen LogP contribution in [0, 0.1) is 11.6 Å². The summed E-state index contributed by atoms with van der Waals surface area (Å²) in [6, 6.07) is 12.6. The van der Waals surface area contributed by atoms with Crippen LogP contribution < -0.4 is 10.6 Å². The summed E-state index contributed by atoms with van der Waals surface area (Å²) < 4.78 is 27.2. The lowest BCUT2D eigenvalue weighted by molar-refractivity contribution is 0.613. The third kappa shape index (κ3) is 3.76. The molecule has 0 saturated carbocycles. The molecule has 5 nitrogen and oxygen atoms in total. The Morgan fingerprint density at radius 1 is 0.913 bits per heavy atom. The van der Waals surface area contributed by atoms with Crippen LogP contribution in [0.3, 0.4) is 0 Å². The lowest BCUT2D eigenvalue weighted by Gasteiger charge is -2.08. The minimum atomic E-state index is -0.416. The molecule has 0 aliphatic rings. The van der Waals surface area contributed by atoms with Crippen LogP contribution in [-0.4, -0.2) is 15.2 Å². The molecule has 116 valence electrons. The van der Waals surface area contributed by atoms with E-state index in [-0.39, 0.29) is 24.0 Å². The van der Waals surface area contributed by atoms with Crippen LogP contribution in [-0.2, 0) is 6.54 Å². The van der Waals surface area contributed by atoms with Gasteiger partial charge in [-0.25, -0.2) is 8.78 Å². The van der Waals surface area contributed by atoms with E-state index < -0.39 is 5.82 Å². The average Bonchev–Trinajstić information content (AvgIpc) is 2.57. The first-order valence-corrected chi connectivity index (χ1v) is 6.91. The molecule has 3 aromatic rings. The molecule has 0 saturated heterocycles. The first kappa shape index (κ1) is 14.8. The zero-order valence-corrected chi connectivity index (χ0v) is 12.0. The van der Waals surface area contributed by atoms with Crippen LogP contribution in [0.4, 0.5) is 26.2 Å². The van der Waals surface area contributed by atoms with E-state index in [2.05, 4.69) is 25.8 Å². The summed E-state index contributed by atoms with van der Waals surface area (Å²) in [5.74, 6) is -0.164. The molecule has 0 fully saturated rings. The largest absolute Gasteiger partial charge is 0.364 e. The molecule has 1 heterocycles. The van der Waals surface area contributed by atoms with Gasteiger partial charge in [0.15, 0.2) is 5.82 Å². The topological polar surface area (TPSA) is 62.7 Å². The highest BCUT2D eigenvalue weighted by Gasteiger charge is 2.06. The number of aromatic nitrogens is 3. The monoisotopic (exact) mass is 313 g/mol. The van der Waals surface area contributed by atoms with Crippen molar-refractivity contribution < 1.29 is 8.78 Å². The molecule has 23 heavy (non-hydrogen) atoms. The highest BCUT2D eigenvalue weighted by Crippen LogP contribution is 2.17. The first-order valence-electron chi connectivity index (χ1n) is 6.91. The van der Waals surface area contributed by atoms with Crippen molar-refractivity contribution in [1.29, 1.82) is 0 Å². The zero-order chi connectivity index (χ0) is 16.1. The normalized spacial score (nSPS) is 10.3. The van der Waals surface area contributed by atoms with Crippen molar-refractivity contribution in [1.82, 2.24) is 15.2 Å². The average molecular weight is 313 g/mol. The molecule has 2 N–H and O–H groups in total. The highest BCUT2D eigenvalue weighted by atomic mass is 19.1. The van der Waals surface area contributed by atoms with Gasteiger partial charge in [0, 0.05) is 12.1 Å². The van der Waals surface area contributed by atoms with Crippen LogP contribution in [0.15, 0.2) is 54.7 Å². The molecule has 0 aliphatic carbocycles. The predicted octanol–water partition coefficient (Wildman–Crippen LogP) is 3.51. The number of nitrogens with one attached hydrogen (secondary N) is 2. The number of nitrogens with zero attached hydrogens (tertiary/aromatic N) is 3. The molecular formula is C16H13F2N5. The van der Waals surface area contributed by atoms with E-state index in [1.807, 2.05) is 0 Å². The SMILES string of the molecule is Fc1ccccc1CNc1cnnc(Nc2ccccc2F)n1. The Bertz CT molecular complexity index is 810. The number of para-hydroxylation sites is 1. The van der Waals surface area contributed by atoms with Gasteiger partial charge in [-0.2, -0.15) is 10.1 Å². The van der Waals surface area contributed by atoms with Crippen molar-refractivity contribution in [3.63, 3.8) is 0 Å². The van der Waals surface area contributed by atoms with Gasteiger partial charge >= 0.3 is 0 Å². The van der Waals surface area contributed by atoms with Gasteiger partial charge in [-0.1, -0.05) is 30.3 Å². The summed E-state index contributed by atoms with van der Waals surface area (Å²) in [5.41, 5.74) is 0.760. The quantitative estimate of drug-likeness (QED) is 0.755. The molecule has 0 atom stereocenters. The number of anilines is 3. The maximum Gasteiger partial charge on any atom is 0.249 e. The van der Waals surface area contributed by atoms with Crippen LogP contribution in [0.1, 0.15) is 5.56 Å². The summed E-state index contributed by atoms with van der Waals surface area (Å²) in [7, 11) is 0. The van der Waals surface area contributed by atoms with Gasteiger partial charge in [-0.05, 0) is 18.2 Å². The molecule has 0 aliphatic heterocycles. The van der Waals surface area contributed by atoms with E-state index in [9.17, 15) is 8.78 Å². The second-order valence-corrected chi connectivity index (χ2v) is 4.72. The second kappa shape index (κ2) is 6.78. The maximum absolute atomic E-state index is 13.6. The van der Waals surface area contributed by atoms with Crippen LogP contribution in [0.2, 0.25) is 0 Å². The minimum Gasteiger partial charge on any atom is -0.364 e. The third-order valence-corrected chi connectivity index (χ3v) is 3.10. The fourth-order valence-corrected chi connectivity index (χ4v) is 1.95. The lowest BCUT2D eigenvalue weighted by Crippen LogP contribution is -2.07. The van der Waals surface area contributed by atoms with Crippen molar-refractivity contribution in [2.45, 2.75) is 6.54 Å². The standard InChI is InChI=1S/C16H13F2N5/c17-12-6-2-1-5-11(12)9-19-15-10-20-23-16(22-15)21-14-8-4-3-7-13(14)18/h1-8,10H,9H2,(H2,19,21,22,23). The van der Waals surface area contributed by atoms with Crippen molar-refractivity contribution in [3.05, 3.63) is 71.9 Å². The van der Waals surface area contributed by atoms with Gasteiger partial charge < -0.3 is 10.6 Å². The maximum atomic E-state index is 13.6. The first-order chi connectivity index (χ1) is 11.2. The number of rotatable bonds is 5. The predicted molar refractivity (Wildman–Crippen MR) is 83.2 cm³/mol. The summed E-state index contributed by atoms with van der Waals surface area (Å²) in [6.07, 6.45) is 1.41. The summed E-state index contributed by atoms with van der Waals surface area (Å²) in [4.78, 5) is 4.17. The third-order valence-electron chi connectivity index (χ3n) is 3.10. The van der Waals surface area contributed by atoms with E-state index >= 15 is 0 Å². The Balaban J connectivity index is 1.70. The molecule has 3 rings (SSSR count). The second-order valence-electron chi connectivity index (χ2n) is 4.72. The Morgan fingerprint density at radius 2 is 1.65 bits per heavy atom. The molecule has 0 bridgehead atoms. The zero-order valence-electron chi connectivity index (χ0n) is 12.0. The number of halogens is 2. The summed E-state index contributed by atoms with van der Waals surface area (Å²) in [6.45, 7) is 0.254. The summed E-state index contributed by atoms with van der Waals surface area (Å²) >= 11 is 0. The molecule has 0 spiro atoms. The molecular weight excluding hydrogens is 300 g/mol. The van der Waals surface area contributed by atoms with Crippen molar-refractivity contribution in [3.8, 4) is 0 Å². The Morgan fingerprint density at radius 3 is 2.43 bits per heavy atom. The number of benzene rings is 2. The smallest absolute Gasteiger partial charge is 0.249 e. The number of hydrogen-bond acceptors (Lipinski definition) is 5. The van der Waals surface area contributed by atoms with E-state index in [1.165, 1.54) is 18.3 Å². The lowest BCUT2D eigenvalue weighted by atomic mass is 10.2. The van der Waals surface area contributed by atoms with Gasteiger partial charge in [0.1, 0.15) is 11.6 Å². The van der Waals surface area contributed by atoms with Crippen molar-refractivity contribution in [2.75, 3.05) is 10.6 Å². The van der Waals surface area contributed by atoms with Gasteiger partial charge in [-0.15, -0.1) is 5.10 Å². The van der Waals surface area contributed by atoms with Crippen molar-refractivity contribution >= 4 is 17.5 Å². The molecule has 0 unspecified atom stereocenters. The van der Waals surface area contributed by atoms with E-state index in [1.54, 1.807) is 36.4 Å². The van der Waals surface area contributed by atoms with Gasteiger partial charge in [0.25, 0.3) is 0 Å². The van der Waals surface area contributed by atoms with E-state index in [4.69, 9.17) is 0 Å². The van der Waals surface area contributed by atoms with Gasteiger partial charge in [-0.3, -0.25) is 0 Å². The minimum absolute atomic E-state index is 0.147. The molecule has 2 aromatic carbocycles. The van der Waals surface area contributed by atoms with Gasteiger partial charge in [0.2, 0.25) is 5.95 Å². The van der Waals surface area contributed by atoms with E-state index in [0.29, 0.717) is 11.4 Å². The van der Waals surface area contributed by atoms with Crippen LogP contribution in [0.5, 0.6) is 0 Å². The Kier molecular flexibility index (Phi) is 4.37. The van der Waals surface area contributed by atoms with Crippen LogP contribution in [0.25, 0.3) is 0 Å². The van der Waals surface area contributed by atoms with E-state index in [0.717, 1.165) is 0 Å². The van der Waals surface area contributed by atoms with Crippen LogP contribution >= 0.6 is 0 Å². The molecule has 0 radical (unpaired) electrons. The van der Waals surface area contributed by atoms with Crippen molar-refractivity contribution in [2.24, 2.45) is 0 Å². The Labute approximate surface area is 131 Å². The molecule has 7 heteroatoms. The van der Waals surface area contributed by atoms with Gasteiger partial charge in [0.05, 0.1) is 11.9 Å². The molecule has 0 amide bonds. The fraction of sp³-hybridized carbons (Fsp3) is 0.0625. The summed E-state index contributed by atoms with van der Waals surface area (Å²) in [5, 5.41) is 13.3. The number of hydrogen-bond donors (Lipinski definition) is 2. The highest BCUT2D eigenvalue weighted by molar-refractivity contribution is 5.54. The molecule has 1 aromatic heterocycles.